The molecule has 0 saturated carbocycles. The Morgan fingerprint density at radius 1 is 1.44 bits per heavy atom. The maximum Gasteiger partial charge on any atom is 0.231 e. The van der Waals surface area contributed by atoms with E-state index in [0.717, 1.165) is 0 Å². The standard InChI is InChI=1S/C11H7NO4/c12-5-8(11(13)14)3-7-1-2-9-10(4-7)16-6-15-9/h1-4H,6H2,(H,13,14)/p-1/b8-3-. The summed E-state index contributed by atoms with van der Waals surface area (Å²) in [5.74, 6) is -0.367. The number of nitriles is 1. The van der Waals surface area contributed by atoms with E-state index in [0.29, 0.717) is 17.1 Å². The number of carboxylic acids is 1. The van der Waals surface area contributed by atoms with E-state index in [-0.39, 0.29) is 6.79 Å². The first kappa shape index (κ1) is 10.1. The van der Waals surface area contributed by atoms with Crippen molar-refractivity contribution in [1.29, 1.82) is 5.26 Å². The summed E-state index contributed by atoms with van der Waals surface area (Å²) in [6.07, 6.45) is 1.22. The molecule has 1 aliphatic rings. The smallest absolute Gasteiger partial charge is 0.231 e. The van der Waals surface area contributed by atoms with Crippen molar-refractivity contribution in [2.24, 2.45) is 0 Å². The number of carboxylic acid groups (broad SMARTS) is 1. The van der Waals surface area contributed by atoms with E-state index < -0.39 is 11.5 Å². The van der Waals surface area contributed by atoms with Gasteiger partial charge in [0.15, 0.2) is 11.5 Å². The number of rotatable bonds is 2. The number of benzene rings is 1. The number of fused-ring (bicyclic) bond motifs is 1. The summed E-state index contributed by atoms with van der Waals surface area (Å²) in [6, 6.07) is 6.43. The maximum absolute atomic E-state index is 10.5. The van der Waals surface area contributed by atoms with Gasteiger partial charge in [-0.2, -0.15) is 5.26 Å². The molecule has 16 heavy (non-hydrogen) atoms. The second-order valence-corrected chi connectivity index (χ2v) is 3.07. The van der Waals surface area contributed by atoms with Gasteiger partial charge in [0.2, 0.25) is 6.79 Å². The topological polar surface area (TPSA) is 82.4 Å². The van der Waals surface area contributed by atoms with Crippen molar-refractivity contribution in [3.63, 3.8) is 0 Å². The molecular weight excluding hydrogens is 210 g/mol. The summed E-state index contributed by atoms with van der Waals surface area (Å²) in [5.41, 5.74) is 0.115. The van der Waals surface area contributed by atoms with Gasteiger partial charge in [0, 0.05) is 0 Å². The zero-order valence-corrected chi connectivity index (χ0v) is 8.10. The molecule has 0 bridgehead atoms. The third-order valence-corrected chi connectivity index (χ3v) is 2.05. The molecule has 0 amide bonds. The Hall–Kier alpha value is -2.48. The van der Waals surface area contributed by atoms with Crippen molar-refractivity contribution >= 4 is 12.0 Å². The van der Waals surface area contributed by atoms with Gasteiger partial charge in [0.25, 0.3) is 0 Å². The van der Waals surface area contributed by atoms with E-state index in [1.807, 2.05) is 0 Å². The minimum atomic E-state index is -1.50. The van der Waals surface area contributed by atoms with Gasteiger partial charge in [-0.3, -0.25) is 0 Å². The number of nitrogens with zero attached hydrogens (tertiary/aromatic N) is 1. The number of hydrogen-bond donors (Lipinski definition) is 0. The van der Waals surface area contributed by atoms with Crippen LogP contribution in [0.3, 0.4) is 0 Å². The van der Waals surface area contributed by atoms with Gasteiger partial charge in [-0.15, -0.1) is 0 Å². The monoisotopic (exact) mass is 216 g/mol. The molecule has 80 valence electrons. The average Bonchev–Trinajstić information content (AvgIpc) is 2.72. The lowest BCUT2D eigenvalue weighted by atomic mass is 10.1. The summed E-state index contributed by atoms with van der Waals surface area (Å²) in [4.78, 5) is 10.5. The summed E-state index contributed by atoms with van der Waals surface area (Å²) in [6.45, 7) is 0.147. The van der Waals surface area contributed by atoms with Crippen molar-refractivity contribution < 1.29 is 19.4 Å². The third kappa shape index (κ3) is 1.81. The highest BCUT2D eigenvalue weighted by Crippen LogP contribution is 2.32. The molecule has 0 aliphatic carbocycles. The van der Waals surface area contributed by atoms with Gasteiger partial charge in [-0.05, 0) is 23.8 Å². The van der Waals surface area contributed by atoms with Crippen LogP contribution in [0.25, 0.3) is 6.08 Å². The largest absolute Gasteiger partial charge is 0.544 e. The van der Waals surface area contributed by atoms with Gasteiger partial charge in [0.1, 0.15) is 6.07 Å². The minimum absolute atomic E-state index is 0.147. The molecule has 5 heteroatoms. The summed E-state index contributed by atoms with van der Waals surface area (Å²) in [5, 5.41) is 19.1. The quantitative estimate of drug-likeness (QED) is 0.516. The third-order valence-electron chi connectivity index (χ3n) is 2.05. The Morgan fingerprint density at radius 2 is 2.19 bits per heavy atom. The second-order valence-electron chi connectivity index (χ2n) is 3.07. The first-order valence-electron chi connectivity index (χ1n) is 4.43. The zero-order chi connectivity index (χ0) is 11.5. The fourth-order valence-corrected chi connectivity index (χ4v) is 1.31. The fraction of sp³-hybridized carbons (Fsp3) is 0.0909. The highest BCUT2D eigenvalue weighted by molar-refractivity contribution is 5.95. The van der Waals surface area contributed by atoms with Gasteiger partial charge in [0.05, 0.1) is 11.5 Å². The molecule has 5 nitrogen and oxygen atoms in total. The van der Waals surface area contributed by atoms with E-state index in [2.05, 4.69) is 0 Å². The molecule has 0 saturated heterocycles. The Balaban J connectivity index is 2.36. The van der Waals surface area contributed by atoms with Gasteiger partial charge in [-0.1, -0.05) is 6.07 Å². The van der Waals surface area contributed by atoms with Gasteiger partial charge < -0.3 is 19.4 Å². The number of ether oxygens (including phenoxy) is 2. The van der Waals surface area contributed by atoms with E-state index in [4.69, 9.17) is 14.7 Å². The average molecular weight is 216 g/mol. The summed E-state index contributed by atoms with van der Waals surface area (Å²) >= 11 is 0. The van der Waals surface area contributed by atoms with E-state index in [9.17, 15) is 9.90 Å². The molecular formula is C11H6NO4-. The van der Waals surface area contributed by atoms with E-state index in [1.54, 1.807) is 24.3 Å². The molecule has 0 spiro atoms. The van der Waals surface area contributed by atoms with Crippen LogP contribution in [0.1, 0.15) is 5.56 Å². The van der Waals surface area contributed by atoms with Crippen LogP contribution in [0, 0.1) is 11.3 Å². The van der Waals surface area contributed by atoms with Crippen molar-refractivity contribution in [3.8, 4) is 17.6 Å². The Kier molecular flexibility index (Phi) is 2.48. The lowest BCUT2D eigenvalue weighted by Crippen LogP contribution is -2.23. The van der Waals surface area contributed by atoms with Crippen molar-refractivity contribution in [1.82, 2.24) is 0 Å². The molecule has 0 N–H and O–H groups in total. The van der Waals surface area contributed by atoms with Gasteiger partial charge in [-0.25, -0.2) is 0 Å². The molecule has 0 aromatic heterocycles. The molecule has 1 heterocycles. The molecule has 2 rings (SSSR count). The fourth-order valence-electron chi connectivity index (χ4n) is 1.31. The van der Waals surface area contributed by atoms with Crippen LogP contribution in [-0.4, -0.2) is 12.8 Å². The van der Waals surface area contributed by atoms with Crippen LogP contribution in [0.2, 0.25) is 0 Å². The summed E-state index contributed by atoms with van der Waals surface area (Å²) in [7, 11) is 0. The number of carbonyl (C=O) groups is 1. The van der Waals surface area contributed by atoms with E-state index >= 15 is 0 Å². The highest BCUT2D eigenvalue weighted by atomic mass is 16.7. The predicted octanol–water partition coefficient (Wildman–Crippen LogP) is 0.0722. The summed E-state index contributed by atoms with van der Waals surface area (Å²) < 4.78 is 10.2. The van der Waals surface area contributed by atoms with Crippen LogP contribution in [0.15, 0.2) is 23.8 Å². The SMILES string of the molecule is N#C/C(=C/c1ccc2c(c1)OCO2)C(=O)[O-]. The highest BCUT2D eigenvalue weighted by Gasteiger charge is 2.12. The van der Waals surface area contributed by atoms with Crippen LogP contribution >= 0.6 is 0 Å². The number of aliphatic carboxylic acids is 1. The molecule has 1 aliphatic heterocycles. The molecule has 1 aromatic carbocycles. The number of carbonyl (C=O) groups excluding carboxylic acids is 1. The Bertz CT molecular complexity index is 513. The normalized spacial score (nSPS) is 13.3. The van der Waals surface area contributed by atoms with Gasteiger partial charge >= 0.3 is 0 Å². The molecule has 0 radical (unpaired) electrons. The van der Waals surface area contributed by atoms with Crippen LogP contribution in [0.5, 0.6) is 11.5 Å². The molecule has 0 unspecified atom stereocenters. The lowest BCUT2D eigenvalue weighted by Gasteiger charge is -2.00. The first-order chi connectivity index (χ1) is 7.70. The van der Waals surface area contributed by atoms with E-state index in [1.165, 1.54) is 6.08 Å². The number of hydrogen-bond acceptors (Lipinski definition) is 5. The van der Waals surface area contributed by atoms with Crippen molar-refractivity contribution in [2.75, 3.05) is 6.79 Å². The molecule has 1 aromatic rings. The van der Waals surface area contributed by atoms with Crippen molar-refractivity contribution in [2.45, 2.75) is 0 Å². The first-order valence-corrected chi connectivity index (χ1v) is 4.43. The minimum Gasteiger partial charge on any atom is -0.544 e. The lowest BCUT2D eigenvalue weighted by molar-refractivity contribution is -0.298. The Labute approximate surface area is 91.1 Å². The van der Waals surface area contributed by atoms with Crippen LogP contribution in [0.4, 0.5) is 0 Å². The maximum atomic E-state index is 10.5. The zero-order valence-electron chi connectivity index (χ0n) is 8.10. The van der Waals surface area contributed by atoms with Crippen molar-refractivity contribution in [3.05, 3.63) is 29.3 Å². The van der Waals surface area contributed by atoms with Crippen LogP contribution in [-0.2, 0) is 4.79 Å². The molecule has 0 fully saturated rings. The second kappa shape index (κ2) is 3.95. The predicted molar refractivity (Wildman–Crippen MR) is 51.2 cm³/mol. The van der Waals surface area contributed by atoms with Crippen LogP contribution < -0.4 is 14.6 Å². The Morgan fingerprint density at radius 3 is 2.88 bits per heavy atom. The molecule has 0 atom stereocenters.